The number of ether oxygens (including phenoxy) is 2. The quantitative estimate of drug-likeness (QED) is 0.229. The maximum absolute atomic E-state index is 14.6. The molecule has 0 spiro atoms. The monoisotopic (exact) mass is 663 g/mol. The van der Waals surface area contributed by atoms with Gasteiger partial charge in [-0.1, -0.05) is 19.9 Å². The molecule has 2 aromatic heterocycles. The molecule has 0 unspecified atom stereocenters. The lowest BCUT2D eigenvalue weighted by molar-refractivity contribution is -0.0377. The van der Waals surface area contributed by atoms with E-state index in [0.717, 1.165) is 42.8 Å². The van der Waals surface area contributed by atoms with Gasteiger partial charge in [-0.25, -0.2) is 14.2 Å². The number of likely N-dealkylation sites (tertiary alicyclic amines) is 1. The predicted molar refractivity (Wildman–Crippen MR) is 187 cm³/mol. The highest BCUT2D eigenvalue weighted by atomic mass is 19.1. The van der Waals surface area contributed by atoms with E-state index in [1.165, 1.54) is 17.7 Å². The zero-order valence-electron chi connectivity index (χ0n) is 30.3. The summed E-state index contributed by atoms with van der Waals surface area (Å²) in [5.41, 5.74) is 3.49. The van der Waals surface area contributed by atoms with E-state index in [1.807, 2.05) is 59.6 Å². The molecule has 2 saturated heterocycles. The number of nitrogens with zero attached hydrogens (tertiary/aromatic N) is 5. The van der Waals surface area contributed by atoms with E-state index in [0.29, 0.717) is 55.3 Å². The Labute approximate surface area is 285 Å². The molecule has 2 fully saturated rings. The molecule has 0 saturated carbocycles. The van der Waals surface area contributed by atoms with Crippen LogP contribution in [-0.4, -0.2) is 99.2 Å². The van der Waals surface area contributed by atoms with Gasteiger partial charge in [0.05, 0.1) is 36.5 Å². The molecule has 4 heterocycles. The van der Waals surface area contributed by atoms with Crippen LogP contribution in [0.25, 0.3) is 16.6 Å². The van der Waals surface area contributed by atoms with Crippen LogP contribution in [0.15, 0.2) is 36.7 Å². The van der Waals surface area contributed by atoms with Crippen LogP contribution in [0.5, 0.6) is 0 Å². The van der Waals surface area contributed by atoms with E-state index >= 15 is 0 Å². The van der Waals surface area contributed by atoms with Crippen LogP contribution in [0.3, 0.4) is 0 Å². The molecule has 5 rings (SSSR count). The summed E-state index contributed by atoms with van der Waals surface area (Å²) in [6.07, 6.45) is 5.54. The van der Waals surface area contributed by atoms with Gasteiger partial charge in [0.15, 0.2) is 0 Å². The molecule has 0 bridgehead atoms. The minimum atomic E-state index is -0.539. The Morgan fingerprint density at radius 2 is 1.85 bits per heavy atom. The third kappa shape index (κ3) is 7.70. The highest BCUT2D eigenvalue weighted by molar-refractivity contribution is 6.03. The van der Waals surface area contributed by atoms with Crippen molar-refractivity contribution >= 4 is 17.5 Å². The summed E-state index contributed by atoms with van der Waals surface area (Å²) in [5, 5.41) is 0. The molecular weight excluding hydrogens is 609 g/mol. The Morgan fingerprint density at radius 3 is 2.50 bits per heavy atom. The second-order valence-corrected chi connectivity index (χ2v) is 15.1. The Balaban J connectivity index is 1.37. The first-order valence-corrected chi connectivity index (χ1v) is 17.6. The van der Waals surface area contributed by atoms with E-state index < -0.39 is 11.4 Å². The molecule has 0 aliphatic carbocycles. The van der Waals surface area contributed by atoms with Crippen LogP contribution < -0.4 is 0 Å². The lowest BCUT2D eigenvalue weighted by atomic mass is 9.85. The van der Waals surface area contributed by atoms with Gasteiger partial charge in [-0.3, -0.25) is 9.69 Å². The topological polar surface area (TPSA) is 79.6 Å². The first kappa shape index (κ1) is 35.8. The number of aryl methyl sites for hydroxylation is 1. The largest absolute Gasteiger partial charge is 0.444 e. The van der Waals surface area contributed by atoms with Crippen LogP contribution in [0.2, 0.25) is 0 Å². The number of hydrogen-bond donors (Lipinski definition) is 0. The van der Waals surface area contributed by atoms with E-state index in [4.69, 9.17) is 9.47 Å². The molecule has 2 atom stereocenters. The van der Waals surface area contributed by atoms with Crippen LogP contribution in [0.1, 0.15) is 95.9 Å². The highest BCUT2D eigenvalue weighted by Crippen LogP contribution is 2.37. The number of hydrogen-bond acceptors (Lipinski definition) is 6. The van der Waals surface area contributed by atoms with E-state index in [2.05, 4.69) is 40.4 Å². The summed E-state index contributed by atoms with van der Waals surface area (Å²) in [6, 6.07) is 7.06. The van der Waals surface area contributed by atoms with E-state index in [-0.39, 0.29) is 24.1 Å². The summed E-state index contributed by atoms with van der Waals surface area (Å²) in [4.78, 5) is 37.5. The molecule has 3 aromatic rings. The van der Waals surface area contributed by atoms with Crippen molar-refractivity contribution < 1.29 is 23.5 Å². The van der Waals surface area contributed by atoms with Gasteiger partial charge in [-0.15, -0.1) is 0 Å². The molecule has 48 heavy (non-hydrogen) atoms. The summed E-state index contributed by atoms with van der Waals surface area (Å²) >= 11 is 0. The molecule has 262 valence electrons. The van der Waals surface area contributed by atoms with Crippen molar-refractivity contribution in [3.8, 4) is 11.1 Å². The van der Waals surface area contributed by atoms with E-state index in [9.17, 15) is 14.0 Å². The molecule has 0 radical (unpaired) electrons. The Kier molecular flexibility index (Phi) is 10.8. The summed E-state index contributed by atoms with van der Waals surface area (Å²) in [5.74, 6) is 0.998. The molecule has 2 aliphatic rings. The van der Waals surface area contributed by atoms with Gasteiger partial charge in [0, 0.05) is 55.9 Å². The number of carbonyl (C=O) groups is 2. The molecule has 2 amide bonds. The number of pyridine rings is 1. The molecule has 1 aromatic carbocycles. The van der Waals surface area contributed by atoms with Crippen molar-refractivity contribution in [3.63, 3.8) is 0 Å². The number of rotatable bonds is 10. The number of imidazole rings is 1. The maximum atomic E-state index is 14.6. The molecule has 0 N–H and O–H groups in total. The zero-order chi connectivity index (χ0) is 34.9. The van der Waals surface area contributed by atoms with Gasteiger partial charge in [0.1, 0.15) is 17.2 Å². The van der Waals surface area contributed by atoms with Crippen molar-refractivity contribution in [2.24, 2.45) is 5.92 Å². The molecule has 10 heteroatoms. The number of morpholine rings is 1. The first-order valence-electron chi connectivity index (χ1n) is 17.6. The lowest BCUT2D eigenvalue weighted by Gasteiger charge is -2.47. The number of benzene rings is 1. The summed E-state index contributed by atoms with van der Waals surface area (Å²) < 4.78 is 28.2. The first-order chi connectivity index (χ1) is 22.7. The third-order valence-corrected chi connectivity index (χ3v) is 9.85. The third-order valence-electron chi connectivity index (χ3n) is 9.85. The molecule has 2 aliphatic heterocycles. The number of amides is 2. The minimum Gasteiger partial charge on any atom is -0.444 e. The Hall–Kier alpha value is -3.50. The van der Waals surface area contributed by atoms with Crippen LogP contribution in [0.4, 0.5) is 9.18 Å². The molecule has 9 nitrogen and oxygen atoms in total. The predicted octanol–water partition coefficient (Wildman–Crippen LogP) is 7.16. The van der Waals surface area contributed by atoms with Gasteiger partial charge < -0.3 is 23.7 Å². The zero-order valence-corrected chi connectivity index (χ0v) is 30.3. The van der Waals surface area contributed by atoms with Gasteiger partial charge >= 0.3 is 6.09 Å². The smallest absolute Gasteiger partial charge is 0.410 e. The second kappa shape index (κ2) is 14.5. The normalized spacial score (nSPS) is 18.4. The number of fused-ring (bicyclic) bond motifs is 1. The van der Waals surface area contributed by atoms with Gasteiger partial charge in [-0.2, -0.15) is 0 Å². The average Bonchev–Trinajstić information content (AvgIpc) is 3.37. The average molecular weight is 664 g/mol. The van der Waals surface area contributed by atoms with Crippen LogP contribution >= 0.6 is 0 Å². The summed E-state index contributed by atoms with van der Waals surface area (Å²) in [6.45, 7) is 22.1. The van der Waals surface area contributed by atoms with Crippen molar-refractivity contribution in [2.45, 2.75) is 105 Å². The van der Waals surface area contributed by atoms with Gasteiger partial charge in [-0.05, 0) is 96.6 Å². The fourth-order valence-electron chi connectivity index (χ4n) is 7.26. The van der Waals surface area contributed by atoms with Crippen LogP contribution in [-0.2, 0) is 9.47 Å². The van der Waals surface area contributed by atoms with Crippen molar-refractivity contribution in [1.29, 1.82) is 0 Å². The Morgan fingerprint density at radius 1 is 1.12 bits per heavy atom. The number of carbonyl (C=O) groups excluding carboxylic acids is 2. The number of aromatic nitrogens is 2. The lowest BCUT2D eigenvalue weighted by Crippen LogP contribution is -2.54. The van der Waals surface area contributed by atoms with E-state index in [1.54, 1.807) is 11.0 Å². The fourth-order valence-corrected chi connectivity index (χ4v) is 7.26. The maximum Gasteiger partial charge on any atom is 0.410 e. The summed E-state index contributed by atoms with van der Waals surface area (Å²) in [7, 11) is 0. The number of halogens is 1. The van der Waals surface area contributed by atoms with Crippen molar-refractivity contribution in [2.75, 3.05) is 39.4 Å². The van der Waals surface area contributed by atoms with Gasteiger partial charge in [0.25, 0.3) is 5.91 Å². The SMILES string of the molecule is CCN(C(=O)c1cc(F)ccc1-c1cc(C2CN([C@@H](CC[C@@H]3COCCN3C(=O)OC(C)(C)C)C(C)C)C2)cn2c(C)ncc12)C(C)C. The standard InChI is InChI=1S/C38H54FN5O4/c1-10-42(25(4)5)36(45)33-18-29(39)11-13-31(33)32-17-27(22-44-26(6)40-19-35(32)44)28-20-41(21-28)34(24(2)3)14-12-30-23-47-16-15-43(30)37(46)48-38(7,8)9/h11,13,17-19,22,24-25,28,30,34H,10,12,14-16,20-21,23H2,1-9H3/t30-,34+/m1/s1. The van der Waals surface area contributed by atoms with Crippen molar-refractivity contribution in [1.82, 2.24) is 24.1 Å². The minimum absolute atomic E-state index is 0.00644. The van der Waals surface area contributed by atoms with Gasteiger partial charge in [0.2, 0.25) is 0 Å². The Bertz CT molecular complexity index is 1610. The molecular formula is C38H54FN5O4. The fraction of sp³-hybridized carbons (Fsp3) is 0.605. The van der Waals surface area contributed by atoms with Crippen LogP contribution in [0, 0.1) is 18.7 Å². The highest BCUT2D eigenvalue weighted by Gasteiger charge is 2.37. The second-order valence-electron chi connectivity index (χ2n) is 15.1. The van der Waals surface area contributed by atoms with Crippen molar-refractivity contribution in [3.05, 3.63) is 59.4 Å².